The number of nitrogens with zero attached hydrogens (tertiary/aromatic N) is 4. The van der Waals surface area contributed by atoms with E-state index in [1.807, 2.05) is 10.9 Å². The average molecular weight is 306 g/mol. The average Bonchev–Trinajstić information content (AvgIpc) is 3.10. The molecule has 0 aromatic carbocycles. The van der Waals surface area contributed by atoms with Gasteiger partial charge in [0, 0.05) is 29.7 Å². The molecule has 0 bridgehead atoms. The number of hydrogen-bond acceptors (Lipinski definition) is 5. The van der Waals surface area contributed by atoms with Crippen molar-refractivity contribution in [2.24, 2.45) is 0 Å². The molecule has 0 spiro atoms. The zero-order valence-electron chi connectivity index (χ0n) is 12.4. The Kier molecular flexibility index (Phi) is 4.67. The highest BCUT2D eigenvalue weighted by molar-refractivity contribution is 7.09. The molecule has 2 aromatic heterocycles. The van der Waals surface area contributed by atoms with E-state index in [0.29, 0.717) is 12.5 Å². The van der Waals surface area contributed by atoms with Crippen LogP contribution in [0.15, 0.2) is 17.6 Å². The summed E-state index contributed by atoms with van der Waals surface area (Å²) in [5.41, 5.74) is 2.47. The number of rotatable bonds is 5. The maximum atomic E-state index is 9.09. The topological polar surface area (TPSA) is 54.2 Å². The number of thiazole rings is 1. The second kappa shape index (κ2) is 6.68. The maximum absolute atomic E-state index is 9.09. The van der Waals surface area contributed by atoms with Gasteiger partial charge < -0.3 is 5.11 Å². The molecular formula is C15H22N4OS. The van der Waals surface area contributed by atoms with Gasteiger partial charge in [0.1, 0.15) is 0 Å². The first-order chi connectivity index (χ1) is 10.3. The highest BCUT2D eigenvalue weighted by atomic mass is 32.1. The van der Waals surface area contributed by atoms with Crippen LogP contribution in [0.4, 0.5) is 0 Å². The Bertz CT molecular complexity index is 572. The Balaban J connectivity index is 1.56. The van der Waals surface area contributed by atoms with Crippen molar-refractivity contribution < 1.29 is 5.11 Å². The van der Waals surface area contributed by atoms with E-state index in [-0.39, 0.29) is 6.61 Å². The summed E-state index contributed by atoms with van der Waals surface area (Å²) >= 11 is 1.73. The van der Waals surface area contributed by atoms with E-state index in [2.05, 4.69) is 33.4 Å². The van der Waals surface area contributed by atoms with E-state index < -0.39 is 0 Å². The van der Waals surface area contributed by atoms with Crippen LogP contribution in [0.2, 0.25) is 0 Å². The molecule has 0 radical (unpaired) electrons. The Morgan fingerprint density at radius 1 is 1.38 bits per heavy atom. The van der Waals surface area contributed by atoms with Crippen LogP contribution >= 0.6 is 11.3 Å². The Labute approximate surface area is 129 Å². The first kappa shape index (κ1) is 14.7. The Hall–Kier alpha value is -1.24. The van der Waals surface area contributed by atoms with Gasteiger partial charge >= 0.3 is 0 Å². The summed E-state index contributed by atoms with van der Waals surface area (Å²) in [5, 5.41) is 16.7. The molecule has 1 saturated heterocycles. The monoisotopic (exact) mass is 306 g/mol. The maximum Gasteiger partial charge on any atom is 0.0897 e. The summed E-state index contributed by atoms with van der Waals surface area (Å²) in [7, 11) is 0. The lowest BCUT2D eigenvalue weighted by Gasteiger charge is -2.31. The van der Waals surface area contributed by atoms with Crippen molar-refractivity contribution >= 4 is 11.3 Å². The minimum atomic E-state index is 0.150. The van der Waals surface area contributed by atoms with Crippen molar-refractivity contribution in [3.8, 4) is 0 Å². The van der Waals surface area contributed by atoms with Crippen LogP contribution in [0.25, 0.3) is 0 Å². The van der Waals surface area contributed by atoms with Crippen molar-refractivity contribution in [3.05, 3.63) is 34.0 Å². The van der Waals surface area contributed by atoms with Gasteiger partial charge in [0.2, 0.25) is 0 Å². The van der Waals surface area contributed by atoms with Crippen LogP contribution in [-0.4, -0.2) is 44.5 Å². The number of piperidine rings is 1. The van der Waals surface area contributed by atoms with Crippen LogP contribution in [0.1, 0.15) is 35.2 Å². The predicted molar refractivity (Wildman–Crippen MR) is 83.4 cm³/mol. The normalized spacial score (nSPS) is 17.4. The molecule has 1 aliphatic heterocycles. The van der Waals surface area contributed by atoms with Crippen LogP contribution in [0, 0.1) is 6.92 Å². The van der Waals surface area contributed by atoms with Crippen molar-refractivity contribution in [2.45, 2.75) is 38.8 Å². The molecule has 0 aliphatic carbocycles. The van der Waals surface area contributed by atoms with E-state index >= 15 is 0 Å². The lowest BCUT2D eigenvalue weighted by molar-refractivity contribution is 0.197. The van der Waals surface area contributed by atoms with Crippen molar-refractivity contribution in [1.82, 2.24) is 19.7 Å². The molecule has 0 amide bonds. The number of hydrogen-bond donors (Lipinski definition) is 1. The third-order valence-electron chi connectivity index (χ3n) is 4.12. The van der Waals surface area contributed by atoms with Crippen LogP contribution in [0.5, 0.6) is 0 Å². The molecule has 5 nitrogen and oxygen atoms in total. The standard InChI is InChI=1S/C15H22N4OS/c1-12-17-14(11-21-12)10-18-6-3-13(4-7-18)15-2-5-16-19(15)8-9-20/h2,5,11,13,20H,3-4,6-10H2,1H3. The summed E-state index contributed by atoms with van der Waals surface area (Å²) in [6.07, 6.45) is 4.15. The van der Waals surface area contributed by atoms with Crippen molar-refractivity contribution in [1.29, 1.82) is 0 Å². The summed E-state index contributed by atoms with van der Waals surface area (Å²) in [5.74, 6) is 0.562. The van der Waals surface area contributed by atoms with Gasteiger partial charge in [0.05, 0.1) is 23.9 Å². The molecule has 0 atom stereocenters. The smallest absolute Gasteiger partial charge is 0.0897 e. The molecule has 6 heteroatoms. The Morgan fingerprint density at radius 3 is 2.86 bits per heavy atom. The van der Waals surface area contributed by atoms with E-state index in [0.717, 1.165) is 37.5 Å². The summed E-state index contributed by atoms with van der Waals surface area (Å²) in [4.78, 5) is 7.03. The molecule has 0 unspecified atom stereocenters. The number of aliphatic hydroxyl groups excluding tert-OH is 1. The molecule has 3 rings (SSSR count). The van der Waals surface area contributed by atoms with E-state index in [4.69, 9.17) is 5.11 Å². The van der Waals surface area contributed by atoms with Gasteiger partial charge in [0.15, 0.2) is 0 Å². The largest absolute Gasteiger partial charge is 0.394 e. The predicted octanol–water partition coefficient (Wildman–Crippen LogP) is 2.02. The molecule has 21 heavy (non-hydrogen) atoms. The molecular weight excluding hydrogens is 284 g/mol. The second-order valence-corrected chi connectivity index (χ2v) is 6.67. The fourth-order valence-electron chi connectivity index (χ4n) is 3.07. The fourth-order valence-corrected chi connectivity index (χ4v) is 3.67. The van der Waals surface area contributed by atoms with Gasteiger partial charge in [-0.2, -0.15) is 5.10 Å². The fraction of sp³-hybridized carbons (Fsp3) is 0.600. The minimum Gasteiger partial charge on any atom is -0.394 e. The van der Waals surface area contributed by atoms with E-state index in [1.165, 1.54) is 11.4 Å². The van der Waals surface area contributed by atoms with E-state index in [1.54, 1.807) is 11.3 Å². The van der Waals surface area contributed by atoms with E-state index in [9.17, 15) is 0 Å². The van der Waals surface area contributed by atoms with Crippen LogP contribution in [-0.2, 0) is 13.1 Å². The number of aryl methyl sites for hydroxylation is 1. The zero-order valence-corrected chi connectivity index (χ0v) is 13.2. The first-order valence-electron chi connectivity index (χ1n) is 7.52. The van der Waals surface area contributed by atoms with Crippen LogP contribution < -0.4 is 0 Å². The molecule has 114 valence electrons. The second-order valence-electron chi connectivity index (χ2n) is 5.61. The molecule has 1 N–H and O–H groups in total. The summed E-state index contributed by atoms with van der Waals surface area (Å²) in [6, 6.07) is 2.10. The third kappa shape index (κ3) is 3.51. The zero-order chi connectivity index (χ0) is 14.7. The Morgan fingerprint density at radius 2 is 2.19 bits per heavy atom. The van der Waals surface area contributed by atoms with Gasteiger partial charge in [-0.15, -0.1) is 11.3 Å². The van der Waals surface area contributed by atoms with Gasteiger partial charge in [-0.25, -0.2) is 4.98 Å². The molecule has 3 heterocycles. The number of aliphatic hydroxyl groups is 1. The van der Waals surface area contributed by atoms with Crippen molar-refractivity contribution in [3.63, 3.8) is 0 Å². The lowest BCUT2D eigenvalue weighted by Crippen LogP contribution is -2.33. The lowest BCUT2D eigenvalue weighted by atomic mass is 9.93. The molecule has 2 aromatic rings. The highest BCUT2D eigenvalue weighted by Gasteiger charge is 2.23. The van der Waals surface area contributed by atoms with Gasteiger partial charge in [-0.3, -0.25) is 9.58 Å². The number of aromatic nitrogens is 3. The first-order valence-corrected chi connectivity index (χ1v) is 8.40. The molecule has 0 saturated carbocycles. The number of likely N-dealkylation sites (tertiary alicyclic amines) is 1. The third-order valence-corrected chi connectivity index (χ3v) is 4.94. The van der Waals surface area contributed by atoms with Gasteiger partial charge in [0.25, 0.3) is 0 Å². The van der Waals surface area contributed by atoms with Gasteiger partial charge in [-0.05, 0) is 38.9 Å². The van der Waals surface area contributed by atoms with Gasteiger partial charge in [-0.1, -0.05) is 0 Å². The molecule has 1 aliphatic rings. The summed E-state index contributed by atoms with van der Waals surface area (Å²) in [6.45, 7) is 5.98. The quantitative estimate of drug-likeness (QED) is 0.918. The van der Waals surface area contributed by atoms with Crippen molar-refractivity contribution in [2.75, 3.05) is 19.7 Å². The SMILES string of the molecule is Cc1nc(CN2CCC(c3ccnn3CCO)CC2)cs1. The highest BCUT2D eigenvalue weighted by Crippen LogP contribution is 2.28. The summed E-state index contributed by atoms with van der Waals surface area (Å²) < 4.78 is 1.95. The van der Waals surface area contributed by atoms with Crippen LogP contribution in [0.3, 0.4) is 0 Å². The minimum absolute atomic E-state index is 0.150. The molecule has 1 fully saturated rings.